The molecule has 0 fully saturated rings. The van der Waals surface area contributed by atoms with Gasteiger partial charge in [-0.1, -0.05) is 31.2 Å². The molecule has 1 aromatic rings. The van der Waals surface area contributed by atoms with Gasteiger partial charge in [-0.05, 0) is 37.8 Å². The summed E-state index contributed by atoms with van der Waals surface area (Å²) in [5, 5.41) is 2.98. The van der Waals surface area contributed by atoms with Crippen LogP contribution in [0.3, 0.4) is 0 Å². The van der Waals surface area contributed by atoms with Crippen molar-refractivity contribution in [3.05, 3.63) is 35.4 Å². The average molecular weight is 292 g/mol. The number of hydrogen-bond donors (Lipinski definition) is 1. The second-order valence-electron chi connectivity index (χ2n) is 5.41. The SMILES string of the molecule is CCCN(Cc1ccccc1C)C(=O)NCCC(C)OC. The van der Waals surface area contributed by atoms with Crippen LogP contribution in [0.25, 0.3) is 0 Å². The van der Waals surface area contributed by atoms with Crippen LogP contribution in [0.2, 0.25) is 0 Å². The topological polar surface area (TPSA) is 41.6 Å². The minimum Gasteiger partial charge on any atom is -0.382 e. The van der Waals surface area contributed by atoms with Gasteiger partial charge in [0.05, 0.1) is 6.10 Å². The van der Waals surface area contributed by atoms with Gasteiger partial charge in [0.1, 0.15) is 0 Å². The van der Waals surface area contributed by atoms with Gasteiger partial charge in [-0.3, -0.25) is 0 Å². The lowest BCUT2D eigenvalue weighted by atomic mass is 10.1. The van der Waals surface area contributed by atoms with E-state index in [1.165, 1.54) is 11.1 Å². The molecular weight excluding hydrogens is 264 g/mol. The molecule has 0 saturated carbocycles. The Hall–Kier alpha value is -1.55. The van der Waals surface area contributed by atoms with Crippen LogP contribution in [0.15, 0.2) is 24.3 Å². The number of carbonyl (C=O) groups excluding carboxylic acids is 1. The molecule has 1 aromatic carbocycles. The molecule has 0 spiro atoms. The summed E-state index contributed by atoms with van der Waals surface area (Å²) < 4.78 is 5.19. The van der Waals surface area contributed by atoms with E-state index in [4.69, 9.17) is 4.74 Å². The molecule has 0 saturated heterocycles. The summed E-state index contributed by atoms with van der Waals surface area (Å²) in [7, 11) is 1.69. The van der Waals surface area contributed by atoms with Crippen LogP contribution in [-0.4, -0.2) is 37.2 Å². The minimum atomic E-state index is 0.00315. The van der Waals surface area contributed by atoms with Crippen molar-refractivity contribution < 1.29 is 9.53 Å². The molecule has 4 heteroatoms. The van der Waals surface area contributed by atoms with Crippen molar-refractivity contribution >= 4 is 6.03 Å². The van der Waals surface area contributed by atoms with E-state index in [0.717, 1.165) is 19.4 Å². The van der Waals surface area contributed by atoms with Crippen molar-refractivity contribution in [1.82, 2.24) is 10.2 Å². The zero-order chi connectivity index (χ0) is 15.7. The van der Waals surface area contributed by atoms with Crippen LogP contribution in [0.5, 0.6) is 0 Å². The lowest BCUT2D eigenvalue weighted by Gasteiger charge is -2.24. The first-order valence-electron chi connectivity index (χ1n) is 7.68. The summed E-state index contributed by atoms with van der Waals surface area (Å²) in [4.78, 5) is 14.2. The van der Waals surface area contributed by atoms with Crippen molar-refractivity contribution in [3.8, 4) is 0 Å². The van der Waals surface area contributed by atoms with Gasteiger partial charge in [0.25, 0.3) is 0 Å². The van der Waals surface area contributed by atoms with E-state index < -0.39 is 0 Å². The predicted molar refractivity (Wildman–Crippen MR) is 86.4 cm³/mol. The molecule has 0 aliphatic carbocycles. The predicted octanol–water partition coefficient (Wildman–Crippen LogP) is 3.34. The van der Waals surface area contributed by atoms with E-state index >= 15 is 0 Å². The fourth-order valence-corrected chi connectivity index (χ4v) is 2.13. The maximum absolute atomic E-state index is 12.3. The Morgan fingerprint density at radius 3 is 2.71 bits per heavy atom. The Morgan fingerprint density at radius 1 is 1.38 bits per heavy atom. The van der Waals surface area contributed by atoms with E-state index in [1.54, 1.807) is 7.11 Å². The fraction of sp³-hybridized carbons (Fsp3) is 0.588. The molecule has 0 heterocycles. The van der Waals surface area contributed by atoms with Crippen LogP contribution in [-0.2, 0) is 11.3 Å². The van der Waals surface area contributed by atoms with Crippen LogP contribution < -0.4 is 5.32 Å². The van der Waals surface area contributed by atoms with Gasteiger partial charge >= 0.3 is 6.03 Å². The summed E-state index contributed by atoms with van der Waals surface area (Å²) >= 11 is 0. The van der Waals surface area contributed by atoms with E-state index in [9.17, 15) is 4.79 Å². The highest BCUT2D eigenvalue weighted by Gasteiger charge is 2.13. The summed E-state index contributed by atoms with van der Waals surface area (Å²) in [6.07, 6.45) is 1.95. The van der Waals surface area contributed by atoms with E-state index in [1.807, 2.05) is 24.0 Å². The van der Waals surface area contributed by atoms with E-state index in [2.05, 4.69) is 31.3 Å². The van der Waals surface area contributed by atoms with Gasteiger partial charge in [-0.15, -0.1) is 0 Å². The Bertz CT molecular complexity index is 435. The molecule has 1 rings (SSSR count). The summed E-state index contributed by atoms with van der Waals surface area (Å²) in [6, 6.07) is 8.21. The number of methoxy groups -OCH3 is 1. The number of rotatable bonds is 8. The lowest BCUT2D eigenvalue weighted by molar-refractivity contribution is 0.110. The second kappa shape index (κ2) is 9.40. The first-order chi connectivity index (χ1) is 10.1. The third kappa shape index (κ3) is 6.17. The maximum Gasteiger partial charge on any atom is 0.317 e. The van der Waals surface area contributed by atoms with Crippen molar-refractivity contribution in [2.45, 2.75) is 46.3 Å². The molecule has 0 aliphatic rings. The highest BCUT2D eigenvalue weighted by Crippen LogP contribution is 2.11. The Morgan fingerprint density at radius 2 is 2.10 bits per heavy atom. The monoisotopic (exact) mass is 292 g/mol. The van der Waals surface area contributed by atoms with Crippen LogP contribution in [0.4, 0.5) is 4.79 Å². The minimum absolute atomic E-state index is 0.00315. The molecule has 0 aromatic heterocycles. The van der Waals surface area contributed by atoms with Crippen molar-refractivity contribution in [3.63, 3.8) is 0 Å². The molecule has 1 unspecified atom stereocenters. The number of hydrogen-bond acceptors (Lipinski definition) is 2. The molecule has 2 amide bonds. The highest BCUT2D eigenvalue weighted by atomic mass is 16.5. The molecule has 4 nitrogen and oxygen atoms in total. The fourth-order valence-electron chi connectivity index (χ4n) is 2.13. The Kier molecular flexibility index (Phi) is 7.83. The Labute approximate surface area is 128 Å². The van der Waals surface area contributed by atoms with E-state index in [0.29, 0.717) is 13.1 Å². The summed E-state index contributed by atoms with van der Waals surface area (Å²) in [5.41, 5.74) is 2.42. The number of nitrogens with one attached hydrogen (secondary N) is 1. The molecular formula is C17H28N2O2. The van der Waals surface area contributed by atoms with Gasteiger partial charge in [-0.2, -0.15) is 0 Å². The molecule has 0 radical (unpaired) electrons. The number of amides is 2. The zero-order valence-electron chi connectivity index (χ0n) is 13.7. The second-order valence-corrected chi connectivity index (χ2v) is 5.41. The van der Waals surface area contributed by atoms with Gasteiger partial charge in [-0.25, -0.2) is 4.79 Å². The first kappa shape index (κ1) is 17.5. The van der Waals surface area contributed by atoms with Crippen LogP contribution in [0, 0.1) is 6.92 Å². The largest absolute Gasteiger partial charge is 0.382 e. The van der Waals surface area contributed by atoms with Gasteiger partial charge in [0.2, 0.25) is 0 Å². The standard InChI is InChI=1S/C17H28N2O2/c1-5-12-19(13-16-9-7-6-8-14(16)2)17(20)18-11-10-15(3)21-4/h6-9,15H,5,10-13H2,1-4H3,(H,18,20). The average Bonchev–Trinajstić information content (AvgIpc) is 2.48. The van der Waals surface area contributed by atoms with Crippen LogP contribution in [0.1, 0.15) is 37.8 Å². The summed E-state index contributed by atoms with van der Waals surface area (Å²) in [5.74, 6) is 0. The van der Waals surface area contributed by atoms with Gasteiger partial charge in [0, 0.05) is 26.7 Å². The lowest BCUT2D eigenvalue weighted by Crippen LogP contribution is -2.41. The number of nitrogens with zero attached hydrogens (tertiary/aromatic N) is 1. The number of urea groups is 1. The van der Waals surface area contributed by atoms with Crippen molar-refractivity contribution in [2.75, 3.05) is 20.2 Å². The number of ether oxygens (including phenoxy) is 1. The quantitative estimate of drug-likeness (QED) is 0.798. The molecule has 1 N–H and O–H groups in total. The molecule has 0 bridgehead atoms. The van der Waals surface area contributed by atoms with Gasteiger partial charge in [0.15, 0.2) is 0 Å². The Balaban J connectivity index is 2.56. The van der Waals surface area contributed by atoms with Gasteiger partial charge < -0.3 is 15.0 Å². The van der Waals surface area contributed by atoms with Crippen molar-refractivity contribution in [2.24, 2.45) is 0 Å². The molecule has 21 heavy (non-hydrogen) atoms. The first-order valence-corrected chi connectivity index (χ1v) is 7.68. The maximum atomic E-state index is 12.3. The molecule has 0 aliphatic heterocycles. The number of benzene rings is 1. The third-order valence-corrected chi connectivity index (χ3v) is 3.63. The number of aryl methyl sites for hydroxylation is 1. The van der Waals surface area contributed by atoms with E-state index in [-0.39, 0.29) is 12.1 Å². The normalized spacial score (nSPS) is 12.0. The number of carbonyl (C=O) groups is 1. The smallest absolute Gasteiger partial charge is 0.317 e. The molecule has 118 valence electrons. The summed E-state index contributed by atoms with van der Waals surface area (Å²) in [6.45, 7) is 8.24. The molecule has 1 atom stereocenters. The van der Waals surface area contributed by atoms with Crippen LogP contribution >= 0.6 is 0 Å². The van der Waals surface area contributed by atoms with Crippen molar-refractivity contribution in [1.29, 1.82) is 0 Å². The highest BCUT2D eigenvalue weighted by molar-refractivity contribution is 5.74. The zero-order valence-corrected chi connectivity index (χ0v) is 13.7. The third-order valence-electron chi connectivity index (χ3n) is 3.63.